The third-order valence-corrected chi connectivity index (χ3v) is 3.71. The van der Waals surface area contributed by atoms with Crippen molar-refractivity contribution in [2.75, 3.05) is 6.54 Å². The van der Waals surface area contributed by atoms with Crippen molar-refractivity contribution in [1.29, 1.82) is 0 Å². The molecule has 19 heavy (non-hydrogen) atoms. The summed E-state index contributed by atoms with van der Waals surface area (Å²) in [5, 5.41) is 3.34. The summed E-state index contributed by atoms with van der Waals surface area (Å²) in [4.78, 5) is 12.6. The minimum atomic E-state index is -0.201. The highest BCUT2D eigenvalue weighted by molar-refractivity contribution is 6.01. The van der Waals surface area contributed by atoms with E-state index < -0.39 is 0 Å². The molecule has 2 heteroatoms. The van der Waals surface area contributed by atoms with Crippen LogP contribution in [0.15, 0.2) is 48.5 Å². The molecule has 0 aromatic heterocycles. The van der Waals surface area contributed by atoms with E-state index in [0.29, 0.717) is 0 Å². The van der Waals surface area contributed by atoms with Gasteiger partial charge in [-0.05, 0) is 24.5 Å². The predicted molar refractivity (Wildman–Crippen MR) is 76.4 cm³/mol. The van der Waals surface area contributed by atoms with Crippen molar-refractivity contribution in [1.82, 2.24) is 5.32 Å². The molecular formula is C17H17NO. The van der Waals surface area contributed by atoms with E-state index in [1.54, 1.807) is 0 Å². The molecule has 2 aromatic carbocycles. The largest absolute Gasteiger partial charge is 0.303 e. The van der Waals surface area contributed by atoms with E-state index in [-0.39, 0.29) is 11.8 Å². The number of carbonyl (C=O) groups excluding carboxylic acids is 1. The molecule has 0 radical (unpaired) electrons. The molecule has 1 atom stereocenters. The Kier molecular flexibility index (Phi) is 3.18. The topological polar surface area (TPSA) is 29.1 Å². The van der Waals surface area contributed by atoms with E-state index in [9.17, 15) is 4.79 Å². The molecule has 1 aliphatic rings. The van der Waals surface area contributed by atoms with E-state index in [4.69, 9.17) is 0 Å². The summed E-state index contributed by atoms with van der Waals surface area (Å²) in [6, 6.07) is 15.8. The molecule has 2 nitrogen and oxygen atoms in total. The van der Waals surface area contributed by atoms with Crippen LogP contribution in [-0.2, 0) is 6.42 Å². The Bertz CT molecular complexity index is 601. The number of hydrogen-bond donors (Lipinski definition) is 1. The summed E-state index contributed by atoms with van der Waals surface area (Å²) < 4.78 is 0. The fourth-order valence-electron chi connectivity index (χ4n) is 2.62. The smallest absolute Gasteiger partial charge is 0.184 e. The van der Waals surface area contributed by atoms with Gasteiger partial charge in [0.2, 0.25) is 0 Å². The third-order valence-electron chi connectivity index (χ3n) is 3.71. The first kappa shape index (κ1) is 12.1. The van der Waals surface area contributed by atoms with Gasteiger partial charge in [0, 0.05) is 12.1 Å². The summed E-state index contributed by atoms with van der Waals surface area (Å²) >= 11 is 0. The molecule has 2 aromatic rings. The lowest BCUT2D eigenvalue weighted by Gasteiger charge is -2.25. The molecule has 1 heterocycles. The molecule has 0 fully saturated rings. The summed E-state index contributed by atoms with van der Waals surface area (Å²) in [7, 11) is 0. The number of benzene rings is 2. The molecule has 1 aliphatic heterocycles. The van der Waals surface area contributed by atoms with Crippen LogP contribution >= 0.6 is 0 Å². The second kappa shape index (κ2) is 4.98. The van der Waals surface area contributed by atoms with Gasteiger partial charge in [-0.15, -0.1) is 0 Å². The van der Waals surface area contributed by atoms with E-state index in [1.165, 1.54) is 11.1 Å². The summed E-state index contributed by atoms with van der Waals surface area (Å²) in [5.41, 5.74) is 4.36. The maximum atomic E-state index is 12.6. The average molecular weight is 251 g/mol. The predicted octanol–water partition coefficient (Wildman–Crippen LogP) is 3.06. The van der Waals surface area contributed by atoms with Crippen molar-refractivity contribution in [2.24, 2.45) is 0 Å². The first-order chi connectivity index (χ1) is 9.25. The molecule has 0 spiro atoms. The summed E-state index contributed by atoms with van der Waals surface area (Å²) in [6.45, 7) is 2.89. The van der Waals surface area contributed by atoms with Crippen LogP contribution in [0.5, 0.6) is 0 Å². The fourth-order valence-corrected chi connectivity index (χ4v) is 2.62. The highest BCUT2D eigenvalue weighted by Gasteiger charge is 2.26. The van der Waals surface area contributed by atoms with Crippen molar-refractivity contribution >= 4 is 5.78 Å². The zero-order valence-electron chi connectivity index (χ0n) is 11.0. The highest BCUT2D eigenvalue weighted by atomic mass is 16.1. The Labute approximate surface area is 113 Å². The Morgan fingerprint density at radius 1 is 1.11 bits per heavy atom. The van der Waals surface area contributed by atoms with Crippen LogP contribution in [-0.4, -0.2) is 12.3 Å². The van der Waals surface area contributed by atoms with E-state index in [0.717, 1.165) is 24.1 Å². The van der Waals surface area contributed by atoms with Crippen LogP contribution < -0.4 is 5.32 Å². The van der Waals surface area contributed by atoms with Gasteiger partial charge in [0.1, 0.15) is 0 Å². The van der Waals surface area contributed by atoms with Crippen molar-refractivity contribution in [3.05, 3.63) is 70.8 Å². The van der Waals surface area contributed by atoms with Gasteiger partial charge in [-0.1, -0.05) is 54.1 Å². The van der Waals surface area contributed by atoms with Gasteiger partial charge < -0.3 is 5.32 Å². The SMILES string of the molecule is Cc1ccc(C(=O)C2NCCc3ccccc32)cc1. The molecule has 0 saturated heterocycles. The maximum Gasteiger partial charge on any atom is 0.184 e. The van der Waals surface area contributed by atoms with E-state index in [1.807, 2.05) is 43.3 Å². The highest BCUT2D eigenvalue weighted by Crippen LogP contribution is 2.25. The molecule has 1 unspecified atom stereocenters. The quantitative estimate of drug-likeness (QED) is 0.831. The molecule has 0 saturated carbocycles. The number of aryl methyl sites for hydroxylation is 1. The average Bonchev–Trinajstić information content (AvgIpc) is 2.47. The number of Topliss-reactive ketones (excluding diaryl/α,β-unsaturated/α-hetero) is 1. The molecule has 1 N–H and O–H groups in total. The number of rotatable bonds is 2. The van der Waals surface area contributed by atoms with Crippen molar-refractivity contribution in [3.8, 4) is 0 Å². The summed E-state index contributed by atoms with van der Waals surface area (Å²) in [6.07, 6.45) is 0.994. The second-order valence-electron chi connectivity index (χ2n) is 5.07. The van der Waals surface area contributed by atoms with Crippen molar-refractivity contribution in [3.63, 3.8) is 0 Å². The Balaban J connectivity index is 1.95. The second-order valence-corrected chi connectivity index (χ2v) is 5.07. The standard InChI is InChI=1S/C17H17NO/c1-12-6-8-14(9-7-12)17(19)16-15-5-3-2-4-13(15)10-11-18-16/h2-9,16,18H,10-11H2,1H3. The lowest BCUT2D eigenvalue weighted by atomic mass is 9.89. The van der Waals surface area contributed by atoms with E-state index >= 15 is 0 Å². The first-order valence-electron chi connectivity index (χ1n) is 6.68. The van der Waals surface area contributed by atoms with Gasteiger partial charge in [-0.25, -0.2) is 0 Å². The van der Waals surface area contributed by atoms with Gasteiger partial charge in [0.15, 0.2) is 5.78 Å². The third kappa shape index (κ3) is 2.32. The van der Waals surface area contributed by atoms with E-state index in [2.05, 4.69) is 17.4 Å². The van der Waals surface area contributed by atoms with Crippen LogP contribution in [0.1, 0.15) is 33.1 Å². The Morgan fingerprint density at radius 2 is 1.84 bits per heavy atom. The summed E-state index contributed by atoms with van der Waals surface area (Å²) in [5.74, 6) is 0.159. The van der Waals surface area contributed by atoms with Crippen LogP contribution in [0.2, 0.25) is 0 Å². The zero-order valence-corrected chi connectivity index (χ0v) is 11.0. The minimum absolute atomic E-state index is 0.159. The van der Waals surface area contributed by atoms with Gasteiger partial charge in [-0.3, -0.25) is 4.79 Å². The van der Waals surface area contributed by atoms with Crippen LogP contribution in [0.3, 0.4) is 0 Å². The van der Waals surface area contributed by atoms with Crippen molar-refractivity contribution < 1.29 is 4.79 Å². The molecule has 0 aliphatic carbocycles. The Morgan fingerprint density at radius 3 is 2.63 bits per heavy atom. The fraction of sp³-hybridized carbons (Fsp3) is 0.235. The molecule has 3 rings (SSSR count). The van der Waals surface area contributed by atoms with Crippen LogP contribution in [0.25, 0.3) is 0 Å². The lowest BCUT2D eigenvalue weighted by Crippen LogP contribution is -2.35. The minimum Gasteiger partial charge on any atom is -0.303 e. The first-order valence-corrected chi connectivity index (χ1v) is 6.68. The number of ketones is 1. The van der Waals surface area contributed by atoms with Crippen LogP contribution in [0.4, 0.5) is 0 Å². The lowest BCUT2D eigenvalue weighted by molar-refractivity contribution is 0.0939. The zero-order chi connectivity index (χ0) is 13.2. The van der Waals surface area contributed by atoms with Crippen molar-refractivity contribution in [2.45, 2.75) is 19.4 Å². The normalized spacial score (nSPS) is 17.8. The number of nitrogens with one attached hydrogen (secondary N) is 1. The molecule has 96 valence electrons. The molecular weight excluding hydrogens is 234 g/mol. The van der Waals surface area contributed by atoms with Gasteiger partial charge in [0.05, 0.1) is 6.04 Å². The van der Waals surface area contributed by atoms with Gasteiger partial charge >= 0.3 is 0 Å². The monoisotopic (exact) mass is 251 g/mol. The molecule has 0 amide bonds. The number of fused-ring (bicyclic) bond motifs is 1. The van der Waals surface area contributed by atoms with Crippen LogP contribution in [0, 0.1) is 6.92 Å². The number of hydrogen-bond acceptors (Lipinski definition) is 2. The van der Waals surface area contributed by atoms with Gasteiger partial charge in [0.25, 0.3) is 0 Å². The Hall–Kier alpha value is -1.93. The van der Waals surface area contributed by atoms with Gasteiger partial charge in [-0.2, -0.15) is 0 Å². The maximum absolute atomic E-state index is 12.6. The number of carbonyl (C=O) groups is 1. The molecule has 0 bridgehead atoms.